The molecule has 28 heavy (non-hydrogen) atoms. The van der Waals surface area contributed by atoms with Crippen LogP contribution in [0.25, 0.3) is 0 Å². The van der Waals surface area contributed by atoms with Crippen LogP contribution in [-0.4, -0.2) is 38.0 Å². The third kappa shape index (κ3) is 5.16. The fourth-order valence-electron chi connectivity index (χ4n) is 3.20. The number of aliphatic carboxylic acids is 1. The fraction of sp³-hybridized carbons (Fsp3) is 0.409. The van der Waals surface area contributed by atoms with Gasteiger partial charge in [-0.15, -0.1) is 0 Å². The van der Waals surface area contributed by atoms with E-state index in [0.29, 0.717) is 37.9 Å². The van der Waals surface area contributed by atoms with E-state index in [1.165, 1.54) is 0 Å². The Kier molecular flexibility index (Phi) is 6.76. The van der Waals surface area contributed by atoms with Gasteiger partial charge in [0.2, 0.25) is 0 Å². The van der Waals surface area contributed by atoms with Gasteiger partial charge < -0.3 is 24.1 Å². The standard InChI is InChI=1S/C22H26O6/c1-15-10-18(26-9-3-8-25-2)5-4-16(15)13-27-19-6-7-20-17(11-22(23)24)14-28-21(20)12-19/h4-7,10,12,17H,3,8-9,11,13-14H2,1-2H3,(H,23,24). The number of benzene rings is 2. The van der Waals surface area contributed by atoms with E-state index in [-0.39, 0.29) is 12.3 Å². The molecule has 0 fully saturated rings. The highest BCUT2D eigenvalue weighted by Crippen LogP contribution is 2.38. The van der Waals surface area contributed by atoms with Crippen molar-refractivity contribution in [2.45, 2.75) is 32.3 Å². The van der Waals surface area contributed by atoms with Gasteiger partial charge in [0, 0.05) is 37.7 Å². The predicted octanol–water partition coefficient (Wildman–Crippen LogP) is 3.94. The van der Waals surface area contributed by atoms with Crippen molar-refractivity contribution < 1.29 is 28.8 Å². The average molecular weight is 386 g/mol. The van der Waals surface area contributed by atoms with Crippen LogP contribution in [0.5, 0.6) is 17.2 Å². The van der Waals surface area contributed by atoms with Gasteiger partial charge in [0.1, 0.15) is 23.9 Å². The SMILES string of the molecule is COCCCOc1ccc(COc2ccc3c(c2)OCC3CC(=O)O)c(C)c1. The molecular weight excluding hydrogens is 360 g/mol. The first-order chi connectivity index (χ1) is 13.6. The van der Waals surface area contributed by atoms with Gasteiger partial charge in [0.25, 0.3) is 0 Å². The molecule has 1 atom stereocenters. The van der Waals surface area contributed by atoms with Crippen molar-refractivity contribution in [1.82, 2.24) is 0 Å². The van der Waals surface area contributed by atoms with Gasteiger partial charge in [-0.05, 0) is 36.2 Å². The molecule has 150 valence electrons. The minimum Gasteiger partial charge on any atom is -0.493 e. The van der Waals surface area contributed by atoms with Gasteiger partial charge in [-0.25, -0.2) is 0 Å². The monoisotopic (exact) mass is 386 g/mol. The fourth-order valence-corrected chi connectivity index (χ4v) is 3.20. The van der Waals surface area contributed by atoms with Crippen LogP contribution in [0.4, 0.5) is 0 Å². The lowest BCUT2D eigenvalue weighted by Crippen LogP contribution is -2.07. The molecule has 6 heteroatoms. The largest absolute Gasteiger partial charge is 0.493 e. The van der Waals surface area contributed by atoms with Gasteiger partial charge in [0.05, 0.1) is 19.6 Å². The zero-order valence-electron chi connectivity index (χ0n) is 16.3. The Morgan fingerprint density at radius 1 is 1.14 bits per heavy atom. The summed E-state index contributed by atoms with van der Waals surface area (Å²) in [6.45, 7) is 4.18. The summed E-state index contributed by atoms with van der Waals surface area (Å²) in [7, 11) is 1.68. The molecule has 1 unspecified atom stereocenters. The van der Waals surface area contributed by atoms with Gasteiger partial charge >= 0.3 is 5.97 Å². The summed E-state index contributed by atoms with van der Waals surface area (Å²) in [4.78, 5) is 10.9. The molecule has 1 heterocycles. The van der Waals surface area contributed by atoms with Crippen LogP contribution in [0.2, 0.25) is 0 Å². The minimum atomic E-state index is -0.816. The van der Waals surface area contributed by atoms with E-state index in [0.717, 1.165) is 28.9 Å². The van der Waals surface area contributed by atoms with Crippen molar-refractivity contribution in [2.75, 3.05) is 26.9 Å². The topological polar surface area (TPSA) is 74.2 Å². The summed E-state index contributed by atoms with van der Waals surface area (Å²) in [5, 5.41) is 8.99. The number of methoxy groups -OCH3 is 1. The van der Waals surface area contributed by atoms with E-state index in [1.54, 1.807) is 7.11 Å². The van der Waals surface area contributed by atoms with Crippen LogP contribution in [-0.2, 0) is 16.1 Å². The molecule has 0 spiro atoms. The van der Waals surface area contributed by atoms with E-state index >= 15 is 0 Å². The lowest BCUT2D eigenvalue weighted by atomic mass is 9.98. The van der Waals surface area contributed by atoms with E-state index < -0.39 is 5.97 Å². The predicted molar refractivity (Wildman–Crippen MR) is 104 cm³/mol. The number of hydrogen-bond acceptors (Lipinski definition) is 5. The minimum absolute atomic E-state index is 0.0757. The second-order valence-electron chi connectivity index (χ2n) is 6.88. The highest BCUT2D eigenvalue weighted by molar-refractivity contribution is 5.68. The van der Waals surface area contributed by atoms with Crippen molar-refractivity contribution >= 4 is 5.97 Å². The number of carboxylic acids is 1. The molecule has 3 rings (SSSR count). The molecule has 0 aliphatic carbocycles. The molecule has 1 N–H and O–H groups in total. The highest BCUT2D eigenvalue weighted by atomic mass is 16.5. The molecule has 1 aliphatic heterocycles. The Balaban J connectivity index is 1.56. The van der Waals surface area contributed by atoms with E-state index in [1.807, 2.05) is 43.3 Å². The zero-order valence-corrected chi connectivity index (χ0v) is 16.3. The maximum absolute atomic E-state index is 10.9. The Morgan fingerprint density at radius 2 is 1.93 bits per heavy atom. The lowest BCUT2D eigenvalue weighted by Gasteiger charge is -2.12. The lowest BCUT2D eigenvalue weighted by molar-refractivity contribution is -0.137. The molecule has 2 aromatic carbocycles. The van der Waals surface area contributed by atoms with E-state index in [2.05, 4.69) is 0 Å². The molecule has 0 aromatic heterocycles. The van der Waals surface area contributed by atoms with Crippen LogP contribution >= 0.6 is 0 Å². The second kappa shape index (κ2) is 9.46. The Morgan fingerprint density at radius 3 is 2.68 bits per heavy atom. The molecular formula is C22H26O6. The number of carbonyl (C=O) groups is 1. The Bertz CT molecular complexity index is 817. The number of ether oxygens (including phenoxy) is 4. The summed E-state index contributed by atoms with van der Waals surface area (Å²) in [5.74, 6) is 1.34. The van der Waals surface area contributed by atoms with Crippen molar-refractivity contribution in [3.8, 4) is 17.2 Å². The smallest absolute Gasteiger partial charge is 0.304 e. The van der Waals surface area contributed by atoms with Crippen LogP contribution in [0.1, 0.15) is 35.4 Å². The van der Waals surface area contributed by atoms with Crippen molar-refractivity contribution in [3.05, 3.63) is 53.1 Å². The van der Waals surface area contributed by atoms with Gasteiger partial charge in [0.15, 0.2) is 0 Å². The maximum atomic E-state index is 10.9. The molecule has 2 aromatic rings. The highest BCUT2D eigenvalue weighted by Gasteiger charge is 2.26. The number of hydrogen-bond donors (Lipinski definition) is 1. The normalized spacial score (nSPS) is 15.0. The first-order valence-electron chi connectivity index (χ1n) is 9.39. The van der Waals surface area contributed by atoms with E-state index in [9.17, 15) is 4.79 Å². The first-order valence-corrected chi connectivity index (χ1v) is 9.39. The summed E-state index contributed by atoms with van der Waals surface area (Å²) in [6, 6.07) is 11.6. The molecule has 0 bridgehead atoms. The van der Waals surface area contributed by atoms with Gasteiger partial charge in [-0.2, -0.15) is 0 Å². The summed E-state index contributed by atoms with van der Waals surface area (Å²) < 4.78 is 22.3. The van der Waals surface area contributed by atoms with Crippen LogP contribution < -0.4 is 14.2 Å². The Labute approximate surface area is 165 Å². The number of carboxylic acid groups (broad SMARTS) is 1. The molecule has 0 saturated heterocycles. The van der Waals surface area contributed by atoms with E-state index in [4.69, 9.17) is 24.1 Å². The number of fused-ring (bicyclic) bond motifs is 1. The summed E-state index contributed by atoms with van der Waals surface area (Å²) in [5.41, 5.74) is 3.11. The van der Waals surface area contributed by atoms with Crippen LogP contribution in [0.15, 0.2) is 36.4 Å². The number of aryl methyl sites for hydroxylation is 1. The third-order valence-electron chi connectivity index (χ3n) is 4.76. The van der Waals surface area contributed by atoms with Crippen LogP contribution in [0.3, 0.4) is 0 Å². The Hall–Kier alpha value is -2.73. The van der Waals surface area contributed by atoms with Crippen molar-refractivity contribution in [1.29, 1.82) is 0 Å². The number of rotatable bonds is 10. The second-order valence-corrected chi connectivity index (χ2v) is 6.88. The zero-order chi connectivity index (χ0) is 19.9. The third-order valence-corrected chi connectivity index (χ3v) is 4.76. The van der Waals surface area contributed by atoms with Gasteiger partial charge in [-0.1, -0.05) is 12.1 Å². The van der Waals surface area contributed by atoms with Gasteiger partial charge in [-0.3, -0.25) is 4.79 Å². The molecule has 6 nitrogen and oxygen atoms in total. The molecule has 0 radical (unpaired) electrons. The molecule has 1 aliphatic rings. The van der Waals surface area contributed by atoms with Crippen molar-refractivity contribution in [3.63, 3.8) is 0 Å². The summed E-state index contributed by atoms with van der Waals surface area (Å²) in [6.07, 6.45) is 0.931. The molecule has 0 saturated carbocycles. The van der Waals surface area contributed by atoms with Crippen molar-refractivity contribution in [2.24, 2.45) is 0 Å². The average Bonchev–Trinajstić information content (AvgIpc) is 3.06. The summed E-state index contributed by atoms with van der Waals surface area (Å²) >= 11 is 0. The quantitative estimate of drug-likeness (QED) is 0.624. The maximum Gasteiger partial charge on any atom is 0.304 e. The molecule has 0 amide bonds. The first kappa shape index (κ1) is 20.0. The van der Waals surface area contributed by atoms with Crippen LogP contribution in [0, 0.1) is 6.92 Å².